The van der Waals surface area contributed by atoms with Crippen molar-refractivity contribution in [1.82, 2.24) is 5.32 Å². The zero-order valence-corrected chi connectivity index (χ0v) is 14.7. The third-order valence-corrected chi connectivity index (χ3v) is 4.04. The Balaban J connectivity index is 1.95. The van der Waals surface area contributed by atoms with Gasteiger partial charge < -0.3 is 10.1 Å². The molecule has 0 aliphatic rings. The highest BCUT2D eigenvalue weighted by Gasteiger charge is 2.13. The van der Waals surface area contributed by atoms with E-state index in [0.717, 1.165) is 10.0 Å². The molecule has 0 saturated heterocycles. The molecule has 1 atom stereocenters. The molecule has 2 aromatic carbocycles. The van der Waals surface area contributed by atoms with Gasteiger partial charge in [0.25, 0.3) is 5.91 Å². The highest BCUT2D eigenvalue weighted by molar-refractivity contribution is 9.10. The van der Waals surface area contributed by atoms with Crippen LogP contribution in [0.2, 0.25) is 5.02 Å². The van der Waals surface area contributed by atoms with E-state index in [-0.39, 0.29) is 18.6 Å². The lowest BCUT2D eigenvalue weighted by Crippen LogP contribution is -2.31. The molecule has 0 radical (unpaired) electrons. The SMILES string of the molecule is C[C@H](NC(=O)COc1ccc(Br)cc1C=O)c1ccccc1Cl. The predicted molar refractivity (Wildman–Crippen MR) is 93.0 cm³/mol. The molecule has 0 aliphatic carbocycles. The van der Waals surface area contributed by atoms with Crippen molar-refractivity contribution < 1.29 is 14.3 Å². The predicted octanol–water partition coefficient (Wildman–Crippen LogP) is 4.17. The first-order valence-electron chi connectivity index (χ1n) is 6.92. The first-order chi connectivity index (χ1) is 11.0. The number of rotatable bonds is 6. The van der Waals surface area contributed by atoms with Gasteiger partial charge in [-0.25, -0.2) is 0 Å². The van der Waals surface area contributed by atoms with Gasteiger partial charge in [-0.05, 0) is 36.8 Å². The molecule has 1 amide bonds. The van der Waals surface area contributed by atoms with Gasteiger partial charge in [-0.3, -0.25) is 9.59 Å². The van der Waals surface area contributed by atoms with Crippen molar-refractivity contribution in [3.05, 3.63) is 63.1 Å². The lowest BCUT2D eigenvalue weighted by molar-refractivity contribution is -0.123. The van der Waals surface area contributed by atoms with Crippen LogP contribution in [0.15, 0.2) is 46.9 Å². The molecular weight excluding hydrogens is 382 g/mol. The Kier molecular flexibility index (Phi) is 6.19. The van der Waals surface area contributed by atoms with Crippen LogP contribution in [0.1, 0.15) is 28.9 Å². The number of benzene rings is 2. The Morgan fingerprint density at radius 3 is 2.78 bits per heavy atom. The number of carbonyl (C=O) groups excluding carboxylic acids is 2. The van der Waals surface area contributed by atoms with Crippen LogP contribution in [0, 0.1) is 0 Å². The Bertz CT molecular complexity index is 721. The lowest BCUT2D eigenvalue weighted by atomic mass is 10.1. The van der Waals surface area contributed by atoms with Gasteiger partial charge in [-0.1, -0.05) is 45.7 Å². The topological polar surface area (TPSA) is 55.4 Å². The molecule has 0 bridgehead atoms. The minimum atomic E-state index is -0.294. The van der Waals surface area contributed by atoms with E-state index in [1.807, 2.05) is 25.1 Å². The summed E-state index contributed by atoms with van der Waals surface area (Å²) in [6.07, 6.45) is 0.685. The van der Waals surface area contributed by atoms with Crippen LogP contribution >= 0.6 is 27.5 Å². The molecular formula is C17H15BrClNO3. The van der Waals surface area contributed by atoms with Crippen LogP contribution in [0.4, 0.5) is 0 Å². The van der Waals surface area contributed by atoms with E-state index in [4.69, 9.17) is 16.3 Å². The molecule has 4 nitrogen and oxygen atoms in total. The van der Waals surface area contributed by atoms with Crippen molar-refractivity contribution in [3.63, 3.8) is 0 Å². The zero-order chi connectivity index (χ0) is 16.8. The van der Waals surface area contributed by atoms with E-state index < -0.39 is 0 Å². The van der Waals surface area contributed by atoms with Crippen molar-refractivity contribution >= 4 is 39.7 Å². The highest BCUT2D eigenvalue weighted by atomic mass is 79.9. The second kappa shape index (κ2) is 8.13. The average Bonchev–Trinajstić information content (AvgIpc) is 2.53. The normalized spacial score (nSPS) is 11.6. The fraction of sp³-hybridized carbons (Fsp3) is 0.176. The van der Waals surface area contributed by atoms with Crippen molar-refractivity contribution in [2.75, 3.05) is 6.61 Å². The van der Waals surface area contributed by atoms with Crippen LogP contribution in [0.25, 0.3) is 0 Å². The smallest absolute Gasteiger partial charge is 0.258 e. The summed E-state index contributed by atoms with van der Waals surface area (Å²) in [4.78, 5) is 23.0. The minimum Gasteiger partial charge on any atom is -0.483 e. The van der Waals surface area contributed by atoms with E-state index in [0.29, 0.717) is 22.6 Å². The highest BCUT2D eigenvalue weighted by Crippen LogP contribution is 2.23. The molecule has 1 N–H and O–H groups in total. The van der Waals surface area contributed by atoms with Gasteiger partial charge in [0.2, 0.25) is 0 Å². The second-order valence-corrected chi connectivity index (χ2v) is 6.22. The van der Waals surface area contributed by atoms with E-state index >= 15 is 0 Å². The number of aldehydes is 1. The van der Waals surface area contributed by atoms with Crippen LogP contribution < -0.4 is 10.1 Å². The van der Waals surface area contributed by atoms with Crippen molar-refractivity contribution in [1.29, 1.82) is 0 Å². The molecule has 0 fully saturated rings. The lowest BCUT2D eigenvalue weighted by Gasteiger charge is -2.16. The number of hydrogen-bond acceptors (Lipinski definition) is 3. The molecule has 2 rings (SSSR count). The first-order valence-corrected chi connectivity index (χ1v) is 8.09. The Morgan fingerprint density at radius 2 is 2.09 bits per heavy atom. The van der Waals surface area contributed by atoms with E-state index in [9.17, 15) is 9.59 Å². The van der Waals surface area contributed by atoms with Gasteiger partial charge in [0.1, 0.15) is 5.75 Å². The largest absolute Gasteiger partial charge is 0.483 e. The molecule has 0 unspecified atom stereocenters. The molecule has 6 heteroatoms. The summed E-state index contributed by atoms with van der Waals surface area (Å²) >= 11 is 9.38. The summed E-state index contributed by atoms with van der Waals surface area (Å²) in [6, 6.07) is 12.1. The number of amides is 1. The maximum atomic E-state index is 12.0. The fourth-order valence-electron chi connectivity index (χ4n) is 2.07. The van der Waals surface area contributed by atoms with Crippen LogP contribution in [-0.4, -0.2) is 18.8 Å². The summed E-state index contributed by atoms with van der Waals surface area (Å²) in [7, 11) is 0. The fourth-order valence-corrected chi connectivity index (χ4v) is 2.75. The maximum Gasteiger partial charge on any atom is 0.258 e. The van der Waals surface area contributed by atoms with Crippen LogP contribution in [0.5, 0.6) is 5.75 Å². The first kappa shape index (κ1) is 17.5. The summed E-state index contributed by atoms with van der Waals surface area (Å²) in [5.74, 6) is 0.0703. The summed E-state index contributed by atoms with van der Waals surface area (Å²) in [5.41, 5.74) is 1.21. The molecule has 120 valence electrons. The van der Waals surface area contributed by atoms with Gasteiger partial charge in [-0.2, -0.15) is 0 Å². The molecule has 0 saturated carbocycles. The average molecular weight is 397 g/mol. The van der Waals surface area contributed by atoms with Crippen molar-refractivity contribution in [2.24, 2.45) is 0 Å². The summed E-state index contributed by atoms with van der Waals surface area (Å²) < 4.78 is 6.18. The minimum absolute atomic E-state index is 0.183. The number of nitrogens with one attached hydrogen (secondary N) is 1. The molecule has 0 spiro atoms. The quantitative estimate of drug-likeness (QED) is 0.746. The monoisotopic (exact) mass is 395 g/mol. The maximum absolute atomic E-state index is 12.0. The standard InChI is InChI=1S/C17H15BrClNO3/c1-11(14-4-2-3-5-15(14)19)20-17(22)10-23-16-7-6-13(18)8-12(16)9-21/h2-9,11H,10H2,1H3,(H,20,22)/t11-/m0/s1. The van der Waals surface area contributed by atoms with E-state index in [2.05, 4.69) is 21.2 Å². The Morgan fingerprint density at radius 1 is 1.35 bits per heavy atom. The number of ether oxygens (including phenoxy) is 1. The van der Waals surface area contributed by atoms with Gasteiger partial charge in [-0.15, -0.1) is 0 Å². The van der Waals surface area contributed by atoms with Crippen LogP contribution in [0.3, 0.4) is 0 Å². The summed E-state index contributed by atoms with van der Waals surface area (Å²) in [5, 5.41) is 3.40. The van der Waals surface area contributed by atoms with E-state index in [1.165, 1.54) is 0 Å². The second-order valence-electron chi connectivity index (χ2n) is 4.90. The van der Waals surface area contributed by atoms with Crippen LogP contribution in [-0.2, 0) is 4.79 Å². The van der Waals surface area contributed by atoms with E-state index in [1.54, 1.807) is 24.3 Å². The third kappa shape index (κ3) is 4.81. The molecule has 0 aliphatic heterocycles. The van der Waals surface area contributed by atoms with Crippen molar-refractivity contribution in [3.8, 4) is 5.75 Å². The van der Waals surface area contributed by atoms with Gasteiger partial charge in [0, 0.05) is 9.50 Å². The number of halogens is 2. The molecule has 2 aromatic rings. The molecule has 0 aromatic heterocycles. The third-order valence-electron chi connectivity index (χ3n) is 3.21. The number of hydrogen-bond donors (Lipinski definition) is 1. The summed E-state index contributed by atoms with van der Waals surface area (Å²) in [6.45, 7) is 1.66. The molecule has 23 heavy (non-hydrogen) atoms. The zero-order valence-electron chi connectivity index (χ0n) is 12.4. The Labute approximate surface area is 147 Å². The van der Waals surface area contributed by atoms with Gasteiger partial charge in [0.15, 0.2) is 12.9 Å². The van der Waals surface area contributed by atoms with Gasteiger partial charge >= 0.3 is 0 Å². The molecule has 0 heterocycles. The van der Waals surface area contributed by atoms with Gasteiger partial charge in [0.05, 0.1) is 11.6 Å². The number of carbonyl (C=O) groups is 2. The van der Waals surface area contributed by atoms with Crippen molar-refractivity contribution in [2.45, 2.75) is 13.0 Å². The Hall–Kier alpha value is -1.85.